The number of anilines is 1. The molecule has 2 N–H and O–H groups in total. The van der Waals surface area contributed by atoms with Gasteiger partial charge in [0.2, 0.25) is 0 Å². The molecule has 2 aromatic rings. The van der Waals surface area contributed by atoms with Crippen LogP contribution in [0.15, 0.2) is 53.5 Å². The van der Waals surface area contributed by atoms with Gasteiger partial charge in [0.1, 0.15) is 11.7 Å². The molecule has 2 unspecified atom stereocenters. The zero-order valence-electron chi connectivity index (χ0n) is 16.1. The van der Waals surface area contributed by atoms with Crippen molar-refractivity contribution in [3.05, 3.63) is 54.1 Å². The largest absolute Gasteiger partial charge is 0.465 e. The molecule has 1 heterocycles. The summed E-state index contributed by atoms with van der Waals surface area (Å²) in [5.41, 5.74) is 8.28. The average Bonchev–Trinajstić information content (AvgIpc) is 2.67. The van der Waals surface area contributed by atoms with E-state index in [0.29, 0.717) is 22.8 Å². The van der Waals surface area contributed by atoms with Crippen LogP contribution in [0.1, 0.15) is 25.5 Å². The summed E-state index contributed by atoms with van der Waals surface area (Å²) >= 11 is 0. The number of hydrogen-bond donors (Lipinski definition) is 1. The molecular formula is C21H23N3O4. The maximum Gasteiger partial charge on any atom is 0.415 e. The van der Waals surface area contributed by atoms with Crippen molar-refractivity contribution in [2.75, 3.05) is 19.4 Å². The lowest BCUT2D eigenvalue weighted by atomic mass is 9.87. The lowest BCUT2D eigenvalue weighted by Crippen LogP contribution is -2.45. The number of carbonyl (C=O) groups is 2. The molecule has 0 saturated carbocycles. The molecule has 0 bridgehead atoms. The van der Waals surface area contributed by atoms with Crippen LogP contribution < -0.4 is 10.5 Å². The predicted octanol–water partition coefficient (Wildman–Crippen LogP) is 3.73. The number of para-hydroxylation sites is 3. The number of aliphatic imine (C=N–C) groups is 1. The highest BCUT2D eigenvalue weighted by Crippen LogP contribution is 2.40. The van der Waals surface area contributed by atoms with Crippen LogP contribution in [0, 0.1) is 5.92 Å². The second kappa shape index (κ2) is 8.12. The number of benzene rings is 2. The summed E-state index contributed by atoms with van der Waals surface area (Å²) in [5.74, 6) is -0.838. The van der Waals surface area contributed by atoms with Gasteiger partial charge in [0.05, 0.1) is 24.0 Å². The molecule has 1 aliphatic rings. The van der Waals surface area contributed by atoms with Gasteiger partial charge in [-0.15, -0.1) is 0 Å². The Morgan fingerprint density at radius 3 is 2.64 bits per heavy atom. The number of amides is 1. The number of nitrogens with two attached hydrogens (primary N) is 1. The normalized spacial score (nSPS) is 17.5. The summed E-state index contributed by atoms with van der Waals surface area (Å²) in [7, 11) is 1.60. The van der Waals surface area contributed by atoms with Gasteiger partial charge >= 0.3 is 12.1 Å². The van der Waals surface area contributed by atoms with Crippen LogP contribution in [-0.2, 0) is 9.53 Å². The second-order valence-corrected chi connectivity index (χ2v) is 6.50. The number of carbonyl (C=O) groups excluding carboxylic acids is 2. The molecule has 0 spiro atoms. The maximum atomic E-state index is 12.9. The van der Waals surface area contributed by atoms with Crippen molar-refractivity contribution >= 4 is 29.1 Å². The van der Waals surface area contributed by atoms with E-state index in [1.807, 2.05) is 24.3 Å². The molecule has 3 rings (SSSR count). The summed E-state index contributed by atoms with van der Waals surface area (Å²) in [5, 5.41) is 0. The SMILES string of the molecule is CCOC(=O)C(C(C)=Nc1ccccc1N)C1c2ccccc2OC(=O)N1C. The molecule has 7 nitrogen and oxygen atoms in total. The number of hydrogen-bond acceptors (Lipinski definition) is 6. The fraction of sp³-hybridized carbons (Fsp3) is 0.286. The van der Waals surface area contributed by atoms with E-state index in [0.717, 1.165) is 5.56 Å². The van der Waals surface area contributed by atoms with Gasteiger partial charge < -0.3 is 20.1 Å². The van der Waals surface area contributed by atoms with E-state index in [4.69, 9.17) is 15.2 Å². The Morgan fingerprint density at radius 2 is 1.93 bits per heavy atom. The minimum Gasteiger partial charge on any atom is -0.465 e. The first-order valence-corrected chi connectivity index (χ1v) is 9.04. The summed E-state index contributed by atoms with van der Waals surface area (Å²) in [6, 6.07) is 13.7. The first-order chi connectivity index (χ1) is 13.4. The van der Waals surface area contributed by atoms with Gasteiger partial charge in [-0.2, -0.15) is 0 Å². The van der Waals surface area contributed by atoms with Crippen LogP contribution in [0.2, 0.25) is 0 Å². The minimum absolute atomic E-state index is 0.221. The third-order valence-electron chi connectivity index (χ3n) is 4.68. The van der Waals surface area contributed by atoms with Crippen molar-refractivity contribution in [1.29, 1.82) is 0 Å². The monoisotopic (exact) mass is 381 g/mol. The Labute approximate surface area is 163 Å². The van der Waals surface area contributed by atoms with Crippen LogP contribution in [0.3, 0.4) is 0 Å². The highest BCUT2D eigenvalue weighted by molar-refractivity contribution is 6.04. The van der Waals surface area contributed by atoms with E-state index in [1.165, 1.54) is 4.90 Å². The minimum atomic E-state index is -0.807. The number of rotatable bonds is 5. The van der Waals surface area contributed by atoms with Crippen LogP contribution in [0.4, 0.5) is 16.2 Å². The van der Waals surface area contributed by atoms with Crippen LogP contribution in [-0.4, -0.2) is 36.3 Å². The molecule has 0 saturated heterocycles. The third kappa shape index (κ3) is 3.69. The van der Waals surface area contributed by atoms with E-state index >= 15 is 0 Å². The smallest absolute Gasteiger partial charge is 0.415 e. The zero-order chi connectivity index (χ0) is 20.3. The van der Waals surface area contributed by atoms with Gasteiger partial charge in [-0.1, -0.05) is 30.3 Å². The van der Waals surface area contributed by atoms with E-state index in [-0.39, 0.29) is 6.61 Å². The highest BCUT2D eigenvalue weighted by atomic mass is 16.6. The van der Waals surface area contributed by atoms with Crippen molar-refractivity contribution in [2.45, 2.75) is 19.9 Å². The quantitative estimate of drug-likeness (QED) is 0.484. The maximum absolute atomic E-state index is 12.9. The van der Waals surface area contributed by atoms with Crippen LogP contribution in [0.5, 0.6) is 5.75 Å². The molecular weight excluding hydrogens is 358 g/mol. The molecule has 2 aromatic carbocycles. The number of nitrogen functional groups attached to an aromatic ring is 1. The number of ether oxygens (including phenoxy) is 2. The molecule has 0 aliphatic carbocycles. The van der Waals surface area contributed by atoms with Crippen molar-refractivity contribution in [3.8, 4) is 5.75 Å². The van der Waals surface area contributed by atoms with Gasteiger partial charge in [-0.05, 0) is 32.0 Å². The zero-order valence-corrected chi connectivity index (χ0v) is 16.1. The Bertz CT molecular complexity index is 925. The van der Waals surface area contributed by atoms with E-state index in [1.54, 1.807) is 45.2 Å². The predicted molar refractivity (Wildman–Crippen MR) is 107 cm³/mol. The summed E-state index contributed by atoms with van der Waals surface area (Å²) in [4.78, 5) is 31.3. The van der Waals surface area contributed by atoms with E-state index in [2.05, 4.69) is 4.99 Å². The van der Waals surface area contributed by atoms with Crippen molar-refractivity contribution < 1.29 is 19.1 Å². The Balaban J connectivity index is 2.11. The standard InChI is InChI=1S/C21H23N3O4/c1-4-27-20(25)18(13(2)23-16-11-7-6-10-15(16)22)19-14-9-5-8-12-17(14)28-21(26)24(19)3/h5-12,18-19H,4,22H2,1-3H3. The highest BCUT2D eigenvalue weighted by Gasteiger charge is 2.42. The molecule has 1 aliphatic heterocycles. The fourth-order valence-electron chi connectivity index (χ4n) is 3.32. The first kappa shape index (κ1) is 19.4. The van der Waals surface area contributed by atoms with Crippen molar-refractivity contribution in [3.63, 3.8) is 0 Å². The van der Waals surface area contributed by atoms with Crippen molar-refractivity contribution in [2.24, 2.45) is 10.9 Å². The van der Waals surface area contributed by atoms with Crippen LogP contribution >= 0.6 is 0 Å². The summed E-state index contributed by atoms with van der Waals surface area (Å²) in [6.07, 6.45) is -0.537. The number of esters is 1. The Morgan fingerprint density at radius 1 is 1.25 bits per heavy atom. The van der Waals surface area contributed by atoms with Gasteiger partial charge in [-0.3, -0.25) is 9.79 Å². The molecule has 0 aromatic heterocycles. The van der Waals surface area contributed by atoms with E-state index < -0.39 is 24.0 Å². The number of nitrogens with zero attached hydrogens (tertiary/aromatic N) is 2. The molecule has 146 valence electrons. The van der Waals surface area contributed by atoms with Crippen LogP contribution in [0.25, 0.3) is 0 Å². The molecule has 2 atom stereocenters. The van der Waals surface area contributed by atoms with E-state index in [9.17, 15) is 9.59 Å². The van der Waals surface area contributed by atoms with Crippen molar-refractivity contribution in [1.82, 2.24) is 4.90 Å². The Kier molecular flexibility index (Phi) is 5.63. The first-order valence-electron chi connectivity index (χ1n) is 9.04. The molecule has 1 amide bonds. The van der Waals surface area contributed by atoms with Gasteiger partial charge in [-0.25, -0.2) is 4.79 Å². The molecule has 0 radical (unpaired) electrons. The third-order valence-corrected chi connectivity index (χ3v) is 4.68. The summed E-state index contributed by atoms with van der Waals surface area (Å²) in [6.45, 7) is 3.70. The molecule has 0 fully saturated rings. The average molecular weight is 381 g/mol. The van der Waals surface area contributed by atoms with Gasteiger partial charge in [0.15, 0.2) is 0 Å². The molecule has 7 heteroatoms. The second-order valence-electron chi connectivity index (χ2n) is 6.50. The fourth-order valence-corrected chi connectivity index (χ4v) is 3.32. The van der Waals surface area contributed by atoms with Gasteiger partial charge in [0.25, 0.3) is 0 Å². The molecule has 28 heavy (non-hydrogen) atoms. The summed E-state index contributed by atoms with van der Waals surface area (Å²) < 4.78 is 10.7. The number of fused-ring (bicyclic) bond motifs is 1. The topological polar surface area (TPSA) is 94.2 Å². The van der Waals surface area contributed by atoms with Gasteiger partial charge in [0, 0.05) is 18.3 Å². The lowest BCUT2D eigenvalue weighted by Gasteiger charge is -2.37. The Hall–Kier alpha value is -3.35. The lowest BCUT2D eigenvalue weighted by molar-refractivity contribution is -0.147.